The van der Waals surface area contributed by atoms with Gasteiger partial charge in [0.15, 0.2) is 0 Å². The molecule has 1 aliphatic rings. The Hall–Kier alpha value is -2.44. The number of aliphatic hydroxyl groups excluding tert-OH is 1. The number of benzene rings is 2. The summed E-state index contributed by atoms with van der Waals surface area (Å²) in [6, 6.07) is 14.9. The molecule has 25 heavy (non-hydrogen) atoms. The summed E-state index contributed by atoms with van der Waals surface area (Å²) in [5.41, 5.74) is 2.76. The molecule has 1 N–H and O–H groups in total. The van der Waals surface area contributed by atoms with Crippen LogP contribution >= 0.6 is 0 Å². The molecular weight excluding hydrogens is 318 g/mol. The highest BCUT2D eigenvalue weighted by Crippen LogP contribution is 2.28. The average Bonchev–Trinajstić information content (AvgIpc) is 2.62. The minimum absolute atomic E-state index is 0.0295. The Morgan fingerprint density at radius 2 is 1.96 bits per heavy atom. The zero-order valence-electron chi connectivity index (χ0n) is 14.0. The van der Waals surface area contributed by atoms with Crippen molar-refractivity contribution in [1.82, 2.24) is 4.90 Å². The Morgan fingerprint density at radius 1 is 1.20 bits per heavy atom. The molecule has 2 aromatic carbocycles. The normalized spacial score (nSPS) is 18.3. The minimum Gasteiger partial charge on any atom is -0.394 e. The molecule has 2 aromatic rings. The second kappa shape index (κ2) is 7.63. The third kappa shape index (κ3) is 3.97. The van der Waals surface area contributed by atoms with Gasteiger partial charge in [-0.05, 0) is 24.1 Å². The second-order valence-corrected chi connectivity index (χ2v) is 6.32. The second-order valence-electron chi connectivity index (χ2n) is 6.32. The van der Waals surface area contributed by atoms with Gasteiger partial charge >= 0.3 is 0 Å². The lowest BCUT2D eigenvalue weighted by Gasteiger charge is -2.42. The molecule has 0 amide bonds. The molecule has 1 aliphatic heterocycles. The summed E-state index contributed by atoms with van der Waals surface area (Å²) in [5, 5.41) is 20.7. The predicted octanol–water partition coefficient (Wildman–Crippen LogP) is 2.46. The van der Waals surface area contributed by atoms with Crippen molar-refractivity contribution in [3.05, 3.63) is 76.7 Å². The van der Waals surface area contributed by atoms with Crippen molar-refractivity contribution >= 4 is 11.4 Å². The van der Waals surface area contributed by atoms with Gasteiger partial charge in [-0.25, -0.2) is 0 Å². The molecule has 1 heterocycles. The van der Waals surface area contributed by atoms with Crippen molar-refractivity contribution in [2.75, 3.05) is 31.1 Å². The molecule has 0 aromatic heterocycles. The van der Waals surface area contributed by atoms with E-state index in [1.807, 2.05) is 18.2 Å². The van der Waals surface area contributed by atoms with Gasteiger partial charge in [0.05, 0.1) is 17.6 Å². The van der Waals surface area contributed by atoms with Crippen LogP contribution in [-0.4, -0.2) is 47.2 Å². The molecule has 1 saturated heterocycles. The van der Waals surface area contributed by atoms with Crippen molar-refractivity contribution in [2.45, 2.75) is 12.6 Å². The molecule has 1 unspecified atom stereocenters. The first-order valence-electron chi connectivity index (χ1n) is 8.32. The van der Waals surface area contributed by atoms with Crippen LogP contribution in [0.2, 0.25) is 0 Å². The smallest absolute Gasteiger partial charge is 0.269 e. The monoisotopic (exact) mass is 340 g/mol. The molecule has 6 nitrogen and oxygen atoms in total. The van der Waals surface area contributed by atoms with E-state index >= 15 is 0 Å². The molecule has 1 atom stereocenters. The molecule has 1 radical (unpaired) electrons. The Labute approximate surface area is 147 Å². The SMILES string of the molecule is [CH2]c1cc([N+](=O)[O-])ccc1N1CCN(Cc2ccccc2)CC1CO. The minimum atomic E-state index is -0.417. The predicted molar refractivity (Wildman–Crippen MR) is 97.5 cm³/mol. The molecule has 131 valence electrons. The van der Waals surface area contributed by atoms with Gasteiger partial charge < -0.3 is 10.0 Å². The quantitative estimate of drug-likeness (QED) is 0.669. The van der Waals surface area contributed by atoms with Gasteiger partial charge in [-0.2, -0.15) is 0 Å². The van der Waals surface area contributed by atoms with Crippen LogP contribution in [0.15, 0.2) is 48.5 Å². The van der Waals surface area contributed by atoms with Crippen LogP contribution in [0.3, 0.4) is 0 Å². The number of nitro benzene ring substituents is 1. The summed E-state index contributed by atoms with van der Waals surface area (Å²) >= 11 is 0. The van der Waals surface area contributed by atoms with Gasteiger partial charge in [0.25, 0.3) is 5.69 Å². The van der Waals surface area contributed by atoms with E-state index in [4.69, 9.17) is 0 Å². The average molecular weight is 340 g/mol. The molecule has 1 fully saturated rings. The largest absolute Gasteiger partial charge is 0.394 e. The van der Waals surface area contributed by atoms with E-state index in [2.05, 4.69) is 28.9 Å². The summed E-state index contributed by atoms with van der Waals surface area (Å²) in [5.74, 6) is 0. The summed E-state index contributed by atoms with van der Waals surface area (Å²) in [4.78, 5) is 14.9. The van der Waals surface area contributed by atoms with Crippen LogP contribution in [0.25, 0.3) is 0 Å². The number of aliphatic hydroxyl groups is 1. The maximum Gasteiger partial charge on any atom is 0.269 e. The topological polar surface area (TPSA) is 69.9 Å². The zero-order valence-corrected chi connectivity index (χ0v) is 14.0. The van der Waals surface area contributed by atoms with E-state index in [9.17, 15) is 15.2 Å². The number of non-ortho nitro benzene ring substituents is 1. The van der Waals surface area contributed by atoms with Crippen LogP contribution in [0.1, 0.15) is 11.1 Å². The molecule has 6 heteroatoms. The van der Waals surface area contributed by atoms with Crippen LogP contribution in [-0.2, 0) is 6.54 Å². The van der Waals surface area contributed by atoms with Crippen molar-refractivity contribution < 1.29 is 10.0 Å². The van der Waals surface area contributed by atoms with E-state index < -0.39 is 4.92 Å². The van der Waals surface area contributed by atoms with E-state index in [1.165, 1.54) is 17.7 Å². The van der Waals surface area contributed by atoms with E-state index in [0.717, 1.165) is 31.9 Å². The number of hydrogen-bond acceptors (Lipinski definition) is 5. The number of nitrogens with zero attached hydrogens (tertiary/aromatic N) is 3. The van der Waals surface area contributed by atoms with Crippen molar-refractivity contribution in [3.8, 4) is 0 Å². The lowest BCUT2D eigenvalue weighted by atomic mass is 10.1. The van der Waals surface area contributed by atoms with Crippen LogP contribution in [0.5, 0.6) is 0 Å². The summed E-state index contributed by atoms with van der Waals surface area (Å²) < 4.78 is 0. The maximum atomic E-state index is 10.9. The van der Waals surface area contributed by atoms with E-state index in [1.54, 1.807) is 6.07 Å². The fourth-order valence-corrected chi connectivity index (χ4v) is 3.34. The first-order chi connectivity index (χ1) is 12.1. The summed E-state index contributed by atoms with van der Waals surface area (Å²) in [6.45, 7) is 7.18. The highest BCUT2D eigenvalue weighted by atomic mass is 16.6. The van der Waals surface area contributed by atoms with E-state index in [-0.39, 0.29) is 18.3 Å². The molecular formula is C19H22N3O3. The highest BCUT2D eigenvalue weighted by Gasteiger charge is 2.28. The van der Waals surface area contributed by atoms with Crippen molar-refractivity contribution in [3.63, 3.8) is 0 Å². The van der Waals surface area contributed by atoms with Crippen LogP contribution < -0.4 is 4.90 Å². The van der Waals surface area contributed by atoms with Crippen molar-refractivity contribution in [2.24, 2.45) is 0 Å². The number of piperazine rings is 1. The Morgan fingerprint density at radius 3 is 2.60 bits per heavy atom. The van der Waals surface area contributed by atoms with Crippen LogP contribution in [0, 0.1) is 17.0 Å². The standard InChI is InChI=1S/C19H22N3O3/c1-15-11-17(22(24)25)7-8-19(15)21-10-9-20(13-18(21)14-23)12-16-5-3-2-4-6-16/h2-8,11,18,23H,1,9-10,12-14H2. The number of hydrogen-bond donors (Lipinski definition) is 1. The first kappa shape index (κ1) is 17.4. The maximum absolute atomic E-state index is 10.9. The molecule has 0 saturated carbocycles. The lowest BCUT2D eigenvalue weighted by molar-refractivity contribution is -0.384. The number of nitro groups is 1. The zero-order chi connectivity index (χ0) is 17.8. The summed E-state index contributed by atoms with van der Waals surface area (Å²) in [7, 11) is 0. The fourth-order valence-electron chi connectivity index (χ4n) is 3.34. The Bertz CT molecular complexity index is 736. The highest BCUT2D eigenvalue weighted by molar-refractivity contribution is 5.60. The summed E-state index contributed by atoms with van der Waals surface area (Å²) in [6.07, 6.45) is 0. The molecule has 0 aliphatic carbocycles. The third-order valence-corrected chi connectivity index (χ3v) is 4.61. The van der Waals surface area contributed by atoms with Crippen molar-refractivity contribution in [1.29, 1.82) is 0 Å². The van der Waals surface area contributed by atoms with Gasteiger partial charge in [-0.15, -0.1) is 0 Å². The Balaban J connectivity index is 1.73. The van der Waals surface area contributed by atoms with Crippen LogP contribution in [0.4, 0.5) is 11.4 Å². The molecule has 0 spiro atoms. The first-order valence-corrected chi connectivity index (χ1v) is 8.32. The number of anilines is 1. The molecule has 0 bridgehead atoms. The van der Waals surface area contributed by atoms with Gasteiger partial charge in [0, 0.05) is 44.0 Å². The number of rotatable bonds is 5. The molecule has 3 rings (SSSR count). The lowest BCUT2D eigenvalue weighted by Crippen LogP contribution is -2.54. The van der Waals surface area contributed by atoms with E-state index in [0.29, 0.717) is 5.56 Å². The fraction of sp³-hybridized carbons (Fsp3) is 0.316. The third-order valence-electron chi connectivity index (χ3n) is 4.61. The Kier molecular flexibility index (Phi) is 5.31. The van der Waals surface area contributed by atoms with Gasteiger partial charge in [0.1, 0.15) is 0 Å². The van der Waals surface area contributed by atoms with Gasteiger partial charge in [-0.1, -0.05) is 30.3 Å². The van der Waals surface area contributed by atoms with Gasteiger partial charge in [-0.3, -0.25) is 15.0 Å². The van der Waals surface area contributed by atoms with Gasteiger partial charge in [0.2, 0.25) is 0 Å².